The molecule has 2 N–H and O–H groups in total. The average molecular weight is 259 g/mol. The van der Waals surface area contributed by atoms with Crippen LogP contribution in [0.15, 0.2) is 34.6 Å². The number of pyridine rings is 1. The molecule has 0 aromatic carbocycles. The minimum Gasteiger partial charge on any atom is -0.273 e. The molecule has 0 saturated heterocycles. The van der Waals surface area contributed by atoms with E-state index in [1.165, 1.54) is 6.21 Å². The molecule has 1 aromatic rings. The van der Waals surface area contributed by atoms with Gasteiger partial charge in [0.2, 0.25) is 11.8 Å². The number of carbonyl (C=O) groups excluding carboxylic acids is 2. The van der Waals surface area contributed by atoms with Crippen molar-refractivity contribution in [3.8, 4) is 0 Å². The van der Waals surface area contributed by atoms with E-state index in [2.05, 4.69) is 26.0 Å². The zero-order valence-corrected chi connectivity index (χ0v) is 10.3. The predicted octanol–water partition coefficient (Wildman–Crippen LogP) is 0.0437. The highest BCUT2D eigenvalue weighted by Crippen LogP contribution is 2.11. The van der Waals surface area contributed by atoms with E-state index in [0.717, 1.165) is 0 Å². The van der Waals surface area contributed by atoms with Gasteiger partial charge in [0.1, 0.15) is 0 Å². The van der Waals surface area contributed by atoms with E-state index in [4.69, 9.17) is 0 Å². The highest BCUT2D eigenvalue weighted by Gasteiger charge is 2.28. The summed E-state index contributed by atoms with van der Waals surface area (Å²) >= 11 is 0. The molecule has 7 heteroatoms. The molecule has 0 spiro atoms. The Labute approximate surface area is 109 Å². The minimum absolute atomic E-state index is 0.0285. The quantitative estimate of drug-likeness (QED) is 0.590. The fourth-order valence-electron chi connectivity index (χ4n) is 1.58. The van der Waals surface area contributed by atoms with Gasteiger partial charge in [0.25, 0.3) is 0 Å². The molecule has 0 radical (unpaired) electrons. The van der Waals surface area contributed by atoms with Gasteiger partial charge in [0.05, 0.1) is 17.8 Å². The van der Waals surface area contributed by atoms with E-state index in [1.54, 1.807) is 25.3 Å². The van der Waals surface area contributed by atoms with Gasteiger partial charge in [-0.2, -0.15) is 10.2 Å². The molecule has 1 aromatic heterocycles. The van der Waals surface area contributed by atoms with Crippen LogP contribution in [0.4, 0.5) is 0 Å². The average Bonchev–Trinajstić information content (AvgIpc) is 2.72. The third kappa shape index (κ3) is 3.44. The van der Waals surface area contributed by atoms with Crippen molar-refractivity contribution in [2.45, 2.75) is 13.3 Å². The van der Waals surface area contributed by atoms with Crippen LogP contribution in [0.5, 0.6) is 0 Å². The van der Waals surface area contributed by atoms with Crippen molar-refractivity contribution in [1.29, 1.82) is 0 Å². The Kier molecular flexibility index (Phi) is 3.97. The maximum Gasteiger partial charge on any atom is 0.249 e. The van der Waals surface area contributed by atoms with Crippen LogP contribution in [0, 0.1) is 5.92 Å². The first-order chi connectivity index (χ1) is 9.16. The molecular weight excluding hydrogens is 246 g/mol. The maximum atomic E-state index is 11.6. The second-order valence-corrected chi connectivity index (χ2v) is 4.03. The number of hydrogen-bond acceptors (Lipinski definition) is 5. The summed E-state index contributed by atoms with van der Waals surface area (Å²) in [6.45, 7) is 1.70. The summed E-state index contributed by atoms with van der Waals surface area (Å²) in [4.78, 5) is 27.0. The highest BCUT2D eigenvalue weighted by molar-refractivity contribution is 6.09. The van der Waals surface area contributed by atoms with Crippen molar-refractivity contribution in [2.75, 3.05) is 0 Å². The summed E-state index contributed by atoms with van der Waals surface area (Å²) in [5, 5.41) is 7.54. The van der Waals surface area contributed by atoms with Crippen LogP contribution < -0.4 is 10.9 Å². The Morgan fingerprint density at radius 2 is 2.42 bits per heavy atom. The summed E-state index contributed by atoms with van der Waals surface area (Å²) in [7, 11) is 0. The topological polar surface area (TPSA) is 95.8 Å². The summed E-state index contributed by atoms with van der Waals surface area (Å²) in [5.41, 5.74) is 5.93. The van der Waals surface area contributed by atoms with Gasteiger partial charge in [-0.3, -0.25) is 14.6 Å². The molecule has 0 saturated carbocycles. The van der Waals surface area contributed by atoms with E-state index in [9.17, 15) is 9.59 Å². The second-order valence-electron chi connectivity index (χ2n) is 4.03. The van der Waals surface area contributed by atoms with Crippen molar-refractivity contribution in [1.82, 2.24) is 15.8 Å². The molecule has 2 amide bonds. The molecule has 2 rings (SSSR count). The number of hydrazone groups is 2. The third-order valence-corrected chi connectivity index (χ3v) is 2.63. The van der Waals surface area contributed by atoms with Gasteiger partial charge in [-0.25, -0.2) is 10.9 Å². The van der Waals surface area contributed by atoms with Gasteiger partial charge in [-0.15, -0.1) is 0 Å². The fraction of sp³-hybridized carbons (Fsp3) is 0.250. The molecule has 98 valence electrons. The monoisotopic (exact) mass is 259 g/mol. The van der Waals surface area contributed by atoms with Gasteiger partial charge in [0.15, 0.2) is 0 Å². The summed E-state index contributed by atoms with van der Waals surface area (Å²) < 4.78 is 0. The normalized spacial score (nSPS) is 18.3. The lowest BCUT2D eigenvalue weighted by atomic mass is 10.0. The van der Waals surface area contributed by atoms with Crippen LogP contribution in [0.1, 0.15) is 19.0 Å². The molecule has 0 fully saturated rings. The number of aromatic nitrogens is 1. The Balaban J connectivity index is 1.84. The van der Waals surface area contributed by atoms with Crippen LogP contribution in [-0.2, 0) is 9.59 Å². The molecule has 0 unspecified atom stereocenters. The van der Waals surface area contributed by atoms with Crippen LogP contribution in [0.3, 0.4) is 0 Å². The second kappa shape index (κ2) is 5.85. The number of rotatable bonds is 4. The SMILES string of the molecule is CC1=NNC(=O)[C@H]1CC(=O)NN=Cc1ccccn1. The zero-order valence-electron chi connectivity index (χ0n) is 10.3. The Hall–Kier alpha value is -2.57. The van der Waals surface area contributed by atoms with E-state index in [-0.39, 0.29) is 18.2 Å². The van der Waals surface area contributed by atoms with Crippen molar-refractivity contribution in [3.63, 3.8) is 0 Å². The third-order valence-electron chi connectivity index (χ3n) is 2.63. The van der Waals surface area contributed by atoms with Gasteiger partial charge < -0.3 is 0 Å². The maximum absolute atomic E-state index is 11.6. The summed E-state index contributed by atoms with van der Waals surface area (Å²) in [5.74, 6) is -1.12. The number of hydrogen-bond donors (Lipinski definition) is 2. The first-order valence-electron chi connectivity index (χ1n) is 5.74. The molecule has 7 nitrogen and oxygen atoms in total. The van der Waals surface area contributed by atoms with Crippen molar-refractivity contribution in [3.05, 3.63) is 30.1 Å². The molecular formula is C12H13N5O2. The molecule has 19 heavy (non-hydrogen) atoms. The lowest BCUT2D eigenvalue weighted by molar-refractivity contribution is -0.127. The fourth-order valence-corrected chi connectivity index (χ4v) is 1.58. The van der Waals surface area contributed by atoms with Crippen LogP contribution in [0.25, 0.3) is 0 Å². The van der Waals surface area contributed by atoms with Crippen molar-refractivity contribution >= 4 is 23.7 Å². The summed E-state index contributed by atoms with van der Waals surface area (Å²) in [6, 6.07) is 5.37. The molecule has 1 aliphatic heterocycles. The molecule has 0 bridgehead atoms. The highest BCUT2D eigenvalue weighted by atomic mass is 16.2. The molecule has 2 heterocycles. The van der Waals surface area contributed by atoms with Crippen LogP contribution >= 0.6 is 0 Å². The number of nitrogens with one attached hydrogen (secondary N) is 2. The standard InChI is InChI=1S/C12H13N5O2/c1-8-10(12(19)17-15-8)6-11(18)16-14-7-9-4-2-3-5-13-9/h2-5,7,10H,6H2,1H3,(H,16,18)(H,17,19)/t10-/m0/s1. The summed E-state index contributed by atoms with van der Waals surface area (Å²) in [6.07, 6.45) is 3.10. The number of amides is 2. The first-order valence-corrected chi connectivity index (χ1v) is 5.74. The van der Waals surface area contributed by atoms with Gasteiger partial charge in [-0.1, -0.05) is 6.07 Å². The molecule has 1 atom stereocenters. The van der Waals surface area contributed by atoms with E-state index >= 15 is 0 Å². The Morgan fingerprint density at radius 3 is 3.05 bits per heavy atom. The van der Waals surface area contributed by atoms with E-state index in [1.807, 2.05) is 6.07 Å². The van der Waals surface area contributed by atoms with Gasteiger partial charge in [0, 0.05) is 18.3 Å². The lowest BCUT2D eigenvalue weighted by Crippen LogP contribution is -2.29. The smallest absolute Gasteiger partial charge is 0.249 e. The number of carbonyl (C=O) groups is 2. The van der Waals surface area contributed by atoms with Gasteiger partial charge >= 0.3 is 0 Å². The Morgan fingerprint density at radius 1 is 1.58 bits per heavy atom. The lowest BCUT2D eigenvalue weighted by Gasteiger charge is -2.05. The molecule has 1 aliphatic rings. The predicted molar refractivity (Wildman–Crippen MR) is 69.3 cm³/mol. The number of nitrogens with zero attached hydrogens (tertiary/aromatic N) is 3. The first kappa shape index (κ1) is 12.9. The van der Waals surface area contributed by atoms with Crippen LogP contribution in [0.2, 0.25) is 0 Å². The van der Waals surface area contributed by atoms with E-state index in [0.29, 0.717) is 11.4 Å². The van der Waals surface area contributed by atoms with E-state index < -0.39 is 5.92 Å². The van der Waals surface area contributed by atoms with Crippen LogP contribution in [-0.4, -0.2) is 28.7 Å². The van der Waals surface area contributed by atoms with Gasteiger partial charge in [-0.05, 0) is 19.1 Å². The van der Waals surface area contributed by atoms with Crippen molar-refractivity contribution in [2.24, 2.45) is 16.1 Å². The zero-order chi connectivity index (χ0) is 13.7. The minimum atomic E-state index is -0.509. The van der Waals surface area contributed by atoms with Crippen molar-refractivity contribution < 1.29 is 9.59 Å². The largest absolute Gasteiger partial charge is 0.273 e. The Bertz CT molecular complexity index is 538. The molecule has 0 aliphatic carbocycles.